The molecule has 2 aliphatic heterocycles. The van der Waals surface area contributed by atoms with Crippen LogP contribution in [0.3, 0.4) is 0 Å². The number of hydrogen-bond donors (Lipinski definition) is 0. The number of hydrogen-bond acceptors (Lipinski definition) is 4. The fourth-order valence-electron chi connectivity index (χ4n) is 4.18. The van der Waals surface area contributed by atoms with E-state index in [1.54, 1.807) is 6.07 Å². The summed E-state index contributed by atoms with van der Waals surface area (Å²) in [5.74, 6) is 0.188. The monoisotopic (exact) mass is 381 g/mol. The molecule has 0 aliphatic carbocycles. The average molecular weight is 381 g/mol. The molecule has 2 amide bonds. The van der Waals surface area contributed by atoms with Gasteiger partial charge in [-0.3, -0.25) is 14.5 Å². The van der Waals surface area contributed by atoms with Crippen LogP contribution in [0.25, 0.3) is 0 Å². The molecule has 4 rings (SSSR count). The summed E-state index contributed by atoms with van der Waals surface area (Å²) in [6.07, 6.45) is 6.38. The fourth-order valence-corrected chi connectivity index (χ4v) is 4.18. The molecule has 28 heavy (non-hydrogen) atoms. The van der Waals surface area contributed by atoms with Crippen LogP contribution in [0, 0.1) is 0 Å². The van der Waals surface area contributed by atoms with Crippen molar-refractivity contribution in [2.24, 2.45) is 0 Å². The number of piperidine rings is 1. The van der Waals surface area contributed by atoms with Crippen molar-refractivity contribution in [2.75, 3.05) is 39.3 Å². The number of likely N-dealkylation sites (tertiary alicyclic amines) is 1. The van der Waals surface area contributed by atoms with E-state index in [2.05, 4.69) is 4.90 Å². The Morgan fingerprint density at radius 1 is 0.821 bits per heavy atom. The maximum Gasteiger partial charge on any atom is 0.257 e. The molecule has 1 unspecified atom stereocenters. The third-order valence-electron chi connectivity index (χ3n) is 5.75. The van der Waals surface area contributed by atoms with Gasteiger partial charge in [-0.1, -0.05) is 30.3 Å². The highest BCUT2D eigenvalue weighted by molar-refractivity contribution is 5.94. The minimum atomic E-state index is -0.273. The highest BCUT2D eigenvalue weighted by atomic mass is 16.3. The Balaban J connectivity index is 1.48. The van der Waals surface area contributed by atoms with Crippen LogP contribution >= 0.6 is 0 Å². The SMILES string of the molecule is O=C(c1ccoc1)N1CCN(C(C(=O)N2CCCCC2)c2ccccc2)CC1. The Kier molecular flexibility index (Phi) is 5.76. The zero-order valence-electron chi connectivity index (χ0n) is 16.1. The summed E-state index contributed by atoms with van der Waals surface area (Å²) in [5.41, 5.74) is 1.62. The zero-order valence-corrected chi connectivity index (χ0v) is 16.1. The van der Waals surface area contributed by atoms with Gasteiger partial charge in [0.1, 0.15) is 12.3 Å². The van der Waals surface area contributed by atoms with Gasteiger partial charge in [-0.25, -0.2) is 0 Å². The lowest BCUT2D eigenvalue weighted by Crippen LogP contribution is -2.53. The first-order valence-electron chi connectivity index (χ1n) is 10.1. The van der Waals surface area contributed by atoms with E-state index >= 15 is 0 Å². The van der Waals surface area contributed by atoms with E-state index in [0.29, 0.717) is 31.7 Å². The maximum atomic E-state index is 13.4. The van der Waals surface area contributed by atoms with Crippen molar-refractivity contribution in [1.29, 1.82) is 0 Å². The Labute approximate surface area is 165 Å². The van der Waals surface area contributed by atoms with Crippen LogP contribution in [0.4, 0.5) is 0 Å². The lowest BCUT2D eigenvalue weighted by molar-refractivity contribution is -0.138. The molecule has 0 bridgehead atoms. The molecule has 0 spiro atoms. The van der Waals surface area contributed by atoms with Crippen LogP contribution in [-0.4, -0.2) is 65.8 Å². The molecule has 2 saturated heterocycles. The Bertz CT molecular complexity index is 777. The second-order valence-corrected chi connectivity index (χ2v) is 7.54. The first-order valence-corrected chi connectivity index (χ1v) is 10.1. The second-order valence-electron chi connectivity index (χ2n) is 7.54. The van der Waals surface area contributed by atoms with Crippen molar-refractivity contribution in [3.63, 3.8) is 0 Å². The number of carbonyl (C=O) groups excluding carboxylic acids is 2. The topological polar surface area (TPSA) is 57.0 Å². The molecule has 2 aromatic rings. The summed E-state index contributed by atoms with van der Waals surface area (Å²) in [6.45, 7) is 4.29. The summed E-state index contributed by atoms with van der Waals surface area (Å²) < 4.78 is 5.03. The van der Waals surface area contributed by atoms with Crippen LogP contribution in [0.5, 0.6) is 0 Å². The van der Waals surface area contributed by atoms with E-state index in [9.17, 15) is 9.59 Å². The number of amides is 2. The highest BCUT2D eigenvalue weighted by Crippen LogP contribution is 2.26. The van der Waals surface area contributed by atoms with Crippen molar-refractivity contribution in [1.82, 2.24) is 14.7 Å². The van der Waals surface area contributed by atoms with E-state index in [1.165, 1.54) is 18.9 Å². The third kappa shape index (κ3) is 3.97. The molecule has 0 saturated carbocycles. The van der Waals surface area contributed by atoms with Crippen LogP contribution in [-0.2, 0) is 4.79 Å². The van der Waals surface area contributed by atoms with Gasteiger partial charge < -0.3 is 14.2 Å². The van der Waals surface area contributed by atoms with E-state index < -0.39 is 0 Å². The first kappa shape index (κ1) is 18.7. The van der Waals surface area contributed by atoms with Gasteiger partial charge in [0.2, 0.25) is 5.91 Å². The lowest BCUT2D eigenvalue weighted by Gasteiger charge is -2.41. The van der Waals surface area contributed by atoms with Crippen molar-refractivity contribution in [3.05, 3.63) is 60.1 Å². The Hall–Kier alpha value is -2.60. The predicted octanol–water partition coefficient (Wildman–Crippen LogP) is 2.79. The second kappa shape index (κ2) is 8.61. The molecule has 6 nitrogen and oxygen atoms in total. The van der Waals surface area contributed by atoms with Crippen LogP contribution in [0.15, 0.2) is 53.3 Å². The largest absolute Gasteiger partial charge is 0.472 e. The Morgan fingerprint density at radius 2 is 1.54 bits per heavy atom. The lowest BCUT2D eigenvalue weighted by atomic mass is 10.0. The van der Waals surface area contributed by atoms with Crippen LogP contribution < -0.4 is 0 Å². The van der Waals surface area contributed by atoms with Gasteiger partial charge in [-0.2, -0.15) is 0 Å². The molecule has 2 fully saturated rings. The number of carbonyl (C=O) groups is 2. The Morgan fingerprint density at radius 3 is 2.18 bits per heavy atom. The predicted molar refractivity (Wildman–Crippen MR) is 106 cm³/mol. The number of piperazine rings is 1. The summed E-state index contributed by atoms with van der Waals surface area (Å²) in [6, 6.07) is 11.5. The van der Waals surface area contributed by atoms with Gasteiger partial charge in [0.15, 0.2) is 0 Å². The summed E-state index contributed by atoms with van der Waals surface area (Å²) in [4.78, 5) is 32.0. The van der Waals surface area contributed by atoms with Crippen molar-refractivity contribution in [3.8, 4) is 0 Å². The molecule has 3 heterocycles. The zero-order chi connectivity index (χ0) is 19.3. The maximum absolute atomic E-state index is 13.4. The summed E-state index contributed by atoms with van der Waals surface area (Å²) in [7, 11) is 0. The number of benzene rings is 1. The highest BCUT2D eigenvalue weighted by Gasteiger charge is 2.34. The van der Waals surface area contributed by atoms with Gasteiger partial charge in [0.05, 0.1) is 11.8 Å². The minimum Gasteiger partial charge on any atom is -0.472 e. The molecular formula is C22H27N3O3. The van der Waals surface area contributed by atoms with E-state index in [0.717, 1.165) is 31.5 Å². The van der Waals surface area contributed by atoms with Crippen LogP contribution in [0.1, 0.15) is 41.2 Å². The van der Waals surface area contributed by atoms with Gasteiger partial charge >= 0.3 is 0 Å². The number of furan rings is 1. The molecular weight excluding hydrogens is 354 g/mol. The van der Waals surface area contributed by atoms with Crippen molar-refractivity contribution in [2.45, 2.75) is 25.3 Å². The molecule has 0 radical (unpaired) electrons. The number of nitrogens with zero attached hydrogens (tertiary/aromatic N) is 3. The number of rotatable bonds is 4. The average Bonchev–Trinajstić information content (AvgIpc) is 3.30. The molecule has 1 aromatic heterocycles. The van der Waals surface area contributed by atoms with Gasteiger partial charge in [0, 0.05) is 39.3 Å². The normalized spacial score (nSPS) is 19.4. The summed E-state index contributed by atoms with van der Waals surface area (Å²) >= 11 is 0. The van der Waals surface area contributed by atoms with Gasteiger partial charge in [0.25, 0.3) is 5.91 Å². The molecule has 1 atom stereocenters. The molecule has 1 aromatic carbocycles. The fraction of sp³-hybridized carbons (Fsp3) is 0.455. The van der Waals surface area contributed by atoms with Crippen molar-refractivity contribution < 1.29 is 14.0 Å². The van der Waals surface area contributed by atoms with E-state index in [4.69, 9.17) is 4.42 Å². The van der Waals surface area contributed by atoms with E-state index in [1.807, 2.05) is 40.1 Å². The standard InChI is InChI=1S/C22H27N3O3/c26-21(19-9-16-28-17-19)25-14-12-23(13-15-25)20(18-7-3-1-4-8-18)22(27)24-10-5-2-6-11-24/h1,3-4,7-9,16-17,20H,2,5-6,10-15H2. The summed E-state index contributed by atoms with van der Waals surface area (Å²) in [5, 5.41) is 0. The quantitative estimate of drug-likeness (QED) is 0.817. The van der Waals surface area contributed by atoms with Crippen molar-refractivity contribution >= 4 is 11.8 Å². The molecule has 148 valence electrons. The van der Waals surface area contributed by atoms with Gasteiger partial charge in [-0.05, 0) is 30.9 Å². The molecule has 2 aliphatic rings. The molecule has 6 heteroatoms. The van der Waals surface area contributed by atoms with Gasteiger partial charge in [-0.15, -0.1) is 0 Å². The van der Waals surface area contributed by atoms with Crippen LogP contribution in [0.2, 0.25) is 0 Å². The third-order valence-corrected chi connectivity index (χ3v) is 5.75. The molecule has 0 N–H and O–H groups in total. The smallest absolute Gasteiger partial charge is 0.257 e. The van der Waals surface area contributed by atoms with E-state index in [-0.39, 0.29) is 17.9 Å². The first-order chi connectivity index (χ1) is 13.7. The minimum absolute atomic E-state index is 0.00739.